The van der Waals surface area contributed by atoms with Crippen molar-refractivity contribution in [3.63, 3.8) is 0 Å². The minimum atomic E-state index is 0.824. The molecule has 2 aliphatic rings. The molecule has 8 nitrogen and oxygen atoms in total. The van der Waals surface area contributed by atoms with E-state index in [1.165, 1.54) is 108 Å². The number of hydrogen-bond donors (Lipinski definition) is 0. The molecule has 11 heteroatoms. The highest BCUT2D eigenvalue weighted by atomic mass is 32.2. The fourth-order valence-corrected chi connectivity index (χ4v) is 21.0. The Labute approximate surface area is 699 Å². The van der Waals surface area contributed by atoms with Gasteiger partial charge in [0.25, 0.3) is 0 Å². The number of hydrogen-bond acceptors (Lipinski definition) is 8. The number of rotatable bonds is 13. The third-order valence-electron chi connectivity index (χ3n) is 23.9. The average Bonchev–Trinajstić information content (AvgIpc) is 1.73. The number of fused-ring (bicyclic) bond motifs is 14. The molecule has 24 rings (SSSR count). The molecule has 0 unspecified atom stereocenters. The van der Waals surface area contributed by atoms with Crippen LogP contribution in [0, 0.1) is 0 Å². The van der Waals surface area contributed by atoms with Crippen LogP contribution in [0.4, 0.5) is 51.2 Å². The van der Waals surface area contributed by atoms with Crippen LogP contribution in [0.3, 0.4) is 0 Å². The Bertz CT molecular complexity index is 7180. The molecule has 558 valence electrons. The molecule has 2 aliphatic heterocycles. The van der Waals surface area contributed by atoms with Gasteiger partial charge in [-0.15, -0.1) is 0 Å². The van der Waals surface area contributed by atoms with Gasteiger partial charge in [0.15, 0.2) is 0 Å². The smallest absolute Gasteiger partial charge is 0.129 e. The van der Waals surface area contributed by atoms with Gasteiger partial charge in [-0.3, -0.25) is 0 Å². The van der Waals surface area contributed by atoms with Gasteiger partial charge in [0.05, 0.1) is 73.3 Å². The summed E-state index contributed by atoms with van der Waals surface area (Å²) in [7, 11) is 0. The van der Waals surface area contributed by atoms with Gasteiger partial charge in [-0.05, 0) is 244 Å². The normalized spacial score (nSPS) is 12.4. The van der Waals surface area contributed by atoms with E-state index in [0.717, 1.165) is 124 Å². The fourth-order valence-electron chi connectivity index (χ4n) is 18.3. The SMILES string of the molecule is c1ccc2c(c1)Sc1ccccc1N2c1ccc(N(c2ccc(N3c4ccccc4Sc4ccccc43)cc2)c2ccc(-c3ccc(-n4c5ccc(-c6ccc(-c7ccc(-n8c9ccccc9c9ccccc98)cc7)cc6)cc5c5cc(-c6ccc(-c7ccc(-n8c9ccccc9c9ccccc98)cc7)cc6)ccc54)cc3)c3nsnc23)cc1. The second kappa shape index (κ2) is 28.0. The van der Waals surface area contributed by atoms with Crippen LogP contribution < -0.4 is 14.7 Å². The summed E-state index contributed by atoms with van der Waals surface area (Å²) >= 11 is 4.89. The van der Waals surface area contributed by atoms with Gasteiger partial charge in [-0.1, -0.05) is 242 Å². The molecule has 0 radical (unpaired) electrons. The van der Waals surface area contributed by atoms with Crippen molar-refractivity contribution in [2.75, 3.05) is 14.7 Å². The van der Waals surface area contributed by atoms with Crippen molar-refractivity contribution < 1.29 is 0 Å². The third kappa shape index (κ3) is 11.4. The van der Waals surface area contributed by atoms with Crippen LogP contribution in [0.25, 0.3) is 149 Å². The summed E-state index contributed by atoms with van der Waals surface area (Å²) in [6.07, 6.45) is 0. The van der Waals surface area contributed by atoms with Crippen molar-refractivity contribution in [3.8, 4) is 72.7 Å². The van der Waals surface area contributed by atoms with Crippen molar-refractivity contribution in [2.45, 2.75) is 19.6 Å². The molecule has 0 spiro atoms. The summed E-state index contributed by atoms with van der Waals surface area (Å²) in [5.41, 5.74) is 33.2. The van der Waals surface area contributed by atoms with E-state index in [1.807, 2.05) is 23.5 Å². The van der Waals surface area contributed by atoms with Crippen LogP contribution in [0.15, 0.2) is 432 Å². The molecule has 0 aliphatic carbocycles. The van der Waals surface area contributed by atoms with Gasteiger partial charge in [0, 0.05) is 97.3 Å². The molecule has 0 bridgehead atoms. The maximum Gasteiger partial charge on any atom is 0.129 e. The molecular weight excluding hydrogens is 1510 g/mol. The van der Waals surface area contributed by atoms with Gasteiger partial charge < -0.3 is 28.4 Å². The topological polar surface area (TPSA) is 50.3 Å². The number of aromatic nitrogens is 5. The van der Waals surface area contributed by atoms with Crippen molar-refractivity contribution in [2.24, 2.45) is 0 Å². The highest BCUT2D eigenvalue weighted by molar-refractivity contribution is 8.00. The molecule has 0 saturated carbocycles. The quantitative estimate of drug-likeness (QED) is 0.114. The summed E-state index contributed by atoms with van der Waals surface area (Å²) < 4.78 is 17.5. The van der Waals surface area contributed by atoms with Crippen molar-refractivity contribution in [1.82, 2.24) is 22.4 Å². The molecular formula is C108H68N8S3. The number of benzene rings is 18. The van der Waals surface area contributed by atoms with E-state index >= 15 is 0 Å². The Kier molecular flexibility index (Phi) is 16.2. The van der Waals surface area contributed by atoms with Crippen LogP contribution in [-0.2, 0) is 0 Å². The Morgan fingerprint density at radius 1 is 0.210 bits per heavy atom. The summed E-state index contributed by atoms with van der Waals surface area (Å²) in [6, 6.07) is 151. The first kappa shape index (κ1) is 68.7. The summed E-state index contributed by atoms with van der Waals surface area (Å²) in [5.74, 6) is 0. The first-order valence-electron chi connectivity index (χ1n) is 40.2. The highest BCUT2D eigenvalue weighted by Crippen LogP contribution is 2.55. The molecule has 0 fully saturated rings. The van der Waals surface area contributed by atoms with Gasteiger partial charge in [0.2, 0.25) is 0 Å². The second-order valence-corrected chi connectivity index (χ2v) is 33.2. The Hall–Kier alpha value is -14.7. The van der Waals surface area contributed by atoms with Crippen molar-refractivity contribution in [3.05, 3.63) is 413 Å². The van der Waals surface area contributed by atoms with Crippen LogP contribution >= 0.6 is 35.3 Å². The standard InChI is InChI=1S/C108H68N8S3/c1-5-21-92-86(17-1)87-18-2-6-22-93(87)112(92)80-49-41-71(42-50-80)69-33-37-73(38-34-69)76-47-64-96-90(67-76)91-68-77(74-39-35-70(36-40-74)72-43-51-81(52-44-72)113-94-23-7-3-19-88(94)89-20-4-8-24-95(89)113)48-65-97(91)114(96)82-53-45-75(46-54-82)85-63-66-102(108-107(85)109-119-110-108)111(78-55-59-83(60-56-78)115-98-25-9-13-29-103(98)117-104-30-14-10-26-99(104)115)79-57-61-84(62-58-79)116-100-27-11-15-31-105(100)118-106-32-16-12-28-101(106)116/h1-68H. The predicted molar refractivity (Wildman–Crippen MR) is 500 cm³/mol. The maximum atomic E-state index is 5.19. The van der Waals surface area contributed by atoms with E-state index in [1.54, 1.807) is 0 Å². The molecule has 18 aromatic carbocycles. The number of para-hydroxylation sites is 8. The minimum absolute atomic E-state index is 0.824. The lowest BCUT2D eigenvalue weighted by Gasteiger charge is -2.34. The van der Waals surface area contributed by atoms with E-state index in [-0.39, 0.29) is 0 Å². The first-order chi connectivity index (χ1) is 59.0. The molecule has 119 heavy (non-hydrogen) atoms. The largest absolute Gasteiger partial charge is 0.309 e. The summed E-state index contributed by atoms with van der Waals surface area (Å²) in [6.45, 7) is 0. The maximum absolute atomic E-state index is 5.19. The van der Waals surface area contributed by atoms with Crippen LogP contribution in [0.1, 0.15) is 0 Å². The van der Waals surface area contributed by atoms with E-state index in [4.69, 9.17) is 8.75 Å². The number of nitrogens with zero attached hydrogens (tertiary/aromatic N) is 8. The van der Waals surface area contributed by atoms with Gasteiger partial charge >= 0.3 is 0 Å². The van der Waals surface area contributed by atoms with Crippen LogP contribution in [0.2, 0.25) is 0 Å². The third-order valence-corrected chi connectivity index (χ3v) is 26.7. The Morgan fingerprint density at radius 3 is 0.849 bits per heavy atom. The van der Waals surface area contributed by atoms with Crippen LogP contribution in [0.5, 0.6) is 0 Å². The zero-order valence-corrected chi connectivity index (χ0v) is 66.5. The first-order valence-corrected chi connectivity index (χ1v) is 42.5. The van der Waals surface area contributed by atoms with Crippen LogP contribution in [-0.4, -0.2) is 22.4 Å². The molecule has 6 heterocycles. The summed E-state index contributed by atoms with van der Waals surface area (Å²) in [4.78, 5) is 12.0. The lowest BCUT2D eigenvalue weighted by Crippen LogP contribution is -2.16. The number of anilines is 9. The van der Waals surface area contributed by atoms with E-state index in [9.17, 15) is 0 Å². The van der Waals surface area contributed by atoms with Gasteiger partial charge in [-0.2, -0.15) is 8.75 Å². The van der Waals surface area contributed by atoms with E-state index < -0.39 is 0 Å². The molecule has 4 aromatic heterocycles. The Morgan fingerprint density at radius 2 is 0.487 bits per heavy atom. The minimum Gasteiger partial charge on any atom is -0.309 e. The molecule has 22 aromatic rings. The summed E-state index contributed by atoms with van der Waals surface area (Å²) in [5, 5.41) is 7.39. The monoisotopic (exact) mass is 1570 g/mol. The van der Waals surface area contributed by atoms with Crippen molar-refractivity contribution >= 4 is 163 Å². The van der Waals surface area contributed by atoms with E-state index in [2.05, 4.69) is 441 Å². The molecule has 0 atom stereocenters. The molecule has 0 amide bonds. The zero-order valence-electron chi connectivity index (χ0n) is 64.1. The predicted octanol–water partition coefficient (Wildman–Crippen LogP) is 30.7. The Balaban J connectivity index is 0.581. The lowest BCUT2D eigenvalue weighted by molar-refractivity contribution is 1.16. The molecule has 0 N–H and O–H groups in total. The van der Waals surface area contributed by atoms with E-state index in [0.29, 0.717) is 0 Å². The van der Waals surface area contributed by atoms with Gasteiger partial charge in [-0.25, -0.2) is 0 Å². The van der Waals surface area contributed by atoms with Crippen molar-refractivity contribution in [1.29, 1.82) is 0 Å². The fraction of sp³-hybridized carbons (Fsp3) is 0. The highest BCUT2D eigenvalue weighted by Gasteiger charge is 2.29. The lowest BCUT2D eigenvalue weighted by atomic mass is 9.97. The zero-order chi connectivity index (χ0) is 78.2. The second-order valence-electron chi connectivity index (χ2n) is 30.5. The van der Waals surface area contributed by atoms with Gasteiger partial charge in [0.1, 0.15) is 11.0 Å². The molecule has 0 saturated heterocycles. The average molecular weight is 1570 g/mol.